The minimum absolute atomic E-state index is 0.0351. The van der Waals surface area contributed by atoms with E-state index in [-0.39, 0.29) is 48.2 Å². The Balaban J connectivity index is 2.51. The van der Waals surface area contributed by atoms with Crippen molar-refractivity contribution < 1.29 is 23.1 Å². The Bertz CT molecular complexity index is 984. The van der Waals surface area contributed by atoms with Crippen LogP contribution in [-0.4, -0.2) is 74.2 Å². The highest BCUT2D eigenvalue weighted by molar-refractivity contribution is 7.89. The van der Waals surface area contributed by atoms with E-state index in [9.17, 15) is 18.3 Å². The van der Waals surface area contributed by atoms with Crippen LogP contribution in [0.4, 0.5) is 4.79 Å². The van der Waals surface area contributed by atoms with E-state index in [0.29, 0.717) is 12.1 Å². The van der Waals surface area contributed by atoms with E-state index >= 15 is 0 Å². The van der Waals surface area contributed by atoms with E-state index in [1.54, 1.807) is 31.0 Å². The van der Waals surface area contributed by atoms with Crippen molar-refractivity contribution >= 4 is 16.1 Å². The van der Waals surface area contributed by atoms with Gasteiger partial charge in [-0.1, -0.05) is 39.5 Å². The second-order valence-corrected chi connectivity index (χ2v) is 10.8. The zero-order valence-electron chi connectivity index (χ0n) is 20.5. The molecule has 2 N–H and O–H groups in total. The summed E-state index contributed by atoms with van der Waals surface area (Å²) in [7, 11) is -2.22. The first kappa shape index (κ1) is 27.0. The van der Waals surface area contributed by atoms with Gasteiger partial charge in [0.25, 0.3) is 0 Å². The Kier molecular flexibility index (Phi) is 9.58. The normalized spacial score (nSPS) is 21.0. The van der Waals surface area contributed by atoms with Crippen LogP contribution >= 0.6 is 0 Å². The molecule has 0 radical (unpaired) electrons. The maximum atomic E-state index is 13.5. The highest BCUT2D eigenvalue weighted by atomic mass is 32.2. The highest BCUT2D eigenvalue weighted by Gasteiger charge is 2.38. The summed E-state index contributed by atoms with van der Waals surface area (Å²) in [5, 5.41) is 12.6. The summed E-state index contributed by atoms with van der Waals surface area (Å²) in [5.74, 6) is 6.27. The number of nitrogens with one attached hydrogen (secondary N) is 1. The first-order valence-electron chi connectivity index (χ1n) is 11.4. The van der Waals surface area contributed by atoms with Crippen LogP contribution in [0.1, 0.15) is 46.6 Å². The number of sulfonamides is 1. The number of ether oxygens (including phenoxy) is 1. The number of rotatable bonds is 6. The Morgan fingerprint density at radius 3 is 2.67 bits per heavy atom. The molecule has 0 fully saturated rings. The maximum absolute atomic E-state index is 13.5. The Hall–Kier alpha value is -2.28. The van der Waals surface area contributed by atoms with Gasteiger partial charge in [0.15, 0.2) is 0 Å². The zero-order chi connectivity index (χ0) is 24.8. The van der Waals surface area contributed by atoms with Crippen molar-refractivity contribution in [2.45, 2.75) is 58.1 Å². The summed E-state index contributed by atoms with van der Waals surface area (Å²) in [6.45, 7) is 10.2. The van der Waals surface area contributed by atoms with Crippen LogP contribution in [0.5, 0.6) is 5.75 Å². The predicted octanol–water partition coefficient (Wildman–Crippen LogP) is 2.51. The molecule has 0 saturated carbocycles. The van der Waals surface area contributed by atoms with Gasteiger partial charge in [-0.05, 0) is 31.5 Å². The largest absolute Gasteiger partial charge is 0.487 e. The highest BCUT2D eigenvalue weighted by Crippen LogP contribution is 2.34. The monoisotopic (exact) mass is 479 g/mol. The van der Waals surface area contributed by atoms with Crippen LogP contribution in [0, 0.1) is 23.7 Å². The second kappa shape index (κ2) is 11.7. The van der Waals surface area contributed by atoms with Gasteiger partial charge in [-0.3, -0.25) is 0 Å². The molecule has 184 valence electrons. The number of hydrogen-bond donors (Lipinski definition) is 2. The molecule has 0 unspecified atom stereocenters. The van der Waals surface area contributed by atoms with Crippen molar-refractivity contribution in [3.8, 4) is 17.6 Å². The topological polar surface area (TPSA) is 99.2 Å². The van der Waals surface area contributed by atoms with Crippen LogP contribution in [0.15, 0.2) is 23.1 Å². The van der Waals surface area contributed by atoms with Crippen LogP contribution in [0.25, 0.3) is 0 Å². The summed E-state index contributed by atoms with van der Waals surface area (Å²) >= 11 is 0. The number of hydrogen-bond acceptors (Lipinski definition) is 5. The SMILES string of the molecule is CCCNC(=O)N(C)C[C@H]1Oc2cc(C#CC(C)C)ccc2S(=O)(=O)N([C@H](C)CO)C[C@H]1C. The molecule has 33 heavy (non-hydrogen) atoms. The summed E-state index contributed by atoms with van der Waals surface area (Å²) in [4.78, 5) is 14.0. The van der Waals surface area contributed by atoms with Crippen molar-refractivity contribution in [2.24, 2.45) is 11.8 Å². The van der Waals surface area contributed by atoms with E-state index in [1.807, 2.05) is 27.7 Å². The van der Waals surface area contributed by atoms with E-state index in [1.165, 1.54) is 10.4 Å². The number of urea groups is 1. The number of nitrogens with zero attached hydrogens (tertiary/aromatic N) is 2. The third kappa shape index (κ3) is 6.85. The molecule has 0 spiro atoms. The molecule has 0 saturated heterocycles. The van der Waals surface area contributed by atoms with E-state index < -0.39 is 22.2 Å². The minimum atomic E-state index is -3.91. The van der Waals surface area contributed by atoms with Gasteiger partial charge >= 0.3 is 6.03 Å². The predicted molar refractivity (Wildman–Crippen MR) is 128 cm³/mol. The smallest absolute Gasteiger partial charge is 0.317 e. The minimum Gasteiger partial charge on any atom is -0.487 e. The number of carbonyl (C=O) groups excluding carboxylic acids is 1. The lowest BCUT2D eigenvalue weighted by Crippen LogP contribution is -2.51. The molecule has 1 aliphatic heterocycles. The summed E-state index contributed by atoms with van der Waals surface area (Å²) in [5.41, 5.74) is 0.653. The molecule has 0 bridgehead atoms. The Labute approximate surface area is 198 Å². The average molecular weight is 480 g/mol. The second-order valence-electron chi connectivity index (χ2n) is 8.94. The molecule has 1 aromatic rings. The number of aliphatic hydroxyl groups is 1. The van der Waals surface area contributed by atoms with Gasteiger partial charge in [-0.2, -0.15) is 4.31 Å². The standard InChI is InChI=1S/C24H37N3O5S/c1-7-12-25-24(29)26(6)15-22-18(4)14-27(19(5)16-28)33(30,31)23-11-10-20(9-8-17(2)3)13-21(23)32-22/h10-11,13,17-19,22,28H,7,12,14-16H2,1-6H3,(H,25,29)/t18-,19-,22-/m1/s1. The van der Waals surface area contributed by atoms with Gasteiger partial charge in [-0.15, -0.1) is 0 Å². The van der Waals surface area contributed by atoms with Gasteiger partial charge < -0.3 is 20.1 Å². The molecule has 1 heterocycles. The fourth-order valence-corrected chi connectivity index (χ4v) is 5.29. The molecule has 8 nitrogen and oxygen atoms in total. The van der Waals surface area contributed by atoms with Gasteiger partial charge in [-0.25, -0.2) is 13.2 Å². The average Bonchev–Trinajstić information content (AvgIpc) is 2.77. The molecular formula is C24H37N3O5S. The van der Waals surface area contributed by atoms with Crippen LogP contribution in [-0.2, 0) is 10.0 Å². The number of aliphatic hydroxyl groups excluding tert-OH is 1. The van der Waals surface area contributed by atoms with Gasteiger partial charge in [0.05, 0.1) is 13.2 Å². The lowest BCUT2D eigenvalue weighted by atomic mass is 10.0. The molecule has 3 atom stereocenters. The van der Waals surface area contributed by atoms with Crippen molar-refractivity contribution in [1.29, 1.82) is 0 Å². The first-order chi connectivity index (χ1) is 15.5. The number of fused-ring (bicyclic) bond motifs is 1. The summed E-state index contributed by atoms with van der Waals surface area (Å²) < 4.78 is 34.5. The third-order valence-corrected chi connectivity index (χ3v) is 7.52. The molecule has 2 rings (SSSR count). The van der Waals surface area contributed by atoms with Gasteiger partial charge in [0, 0.05) is 43.6 Å². The number of benzene rings is 1. The summed E-state index contributed by atoms with van der Waals surface area (Å²) in [6, 6.07) is 4.01. The lowest BCUT2D eigenvalue weighted by Gasteiger charge is -2.37. The van der Waals surface area contributed by atoms with E-state index in [4.69, 9.17) is 4.74 Å². The molecule has 1 aliphatic rings. The third-order valence-electron chi connectivity index (χ3n) is 5.50. The zero-order valence-corrected chi connectivity index (χ0v) is 21.3. The number of amides is 2. The quantitative estimate of drug-likeness (QED) is 0.611. The lowest BCUT2D eigenvalue weighted by molar-refractivity contribution is 0.0812. The van der Waals surface area contributed by atoms with Crippen molar-refractivity contribution in [3.05, 3.63) is 23.8 Å². The van der Waals surface area contributed by atoms with Crippen molar-refractivity contribution in [2.75, 3.05) is 33.3 Å². The Morgan fingerprint density at radius 1 is 1.36 bits per heavy atom. The Morgan fingerprint density at radius 2 is 2.06 bits per heavy atom. The van der Waals surface area contributed by atoms with Gasteiger partial charge in [0.1, 0.15) is 16.7 Å². The van der Waals surface area contributed by atoms with Gasteiger partial charge in [0.2, 0.25) is 10.0 Å². The van der Waals surface area contributed by atoms with E-state index in [0.717, 1.165) is 6.42 Å². The maximum Gasteiger partial charge on any atom is 0.317 e. The number of carbonyl (C=O) groups is 1. The van der Waals surface area contributed by atoms with Crippen LogP contribution in [0.3, 0.4) is 0 Å². The van der Waals surface area contributed by atoms with Crippen LogP contribution < -0.4 is 10.1 Å². The molecule has 0 aromatic heterocycles. The summed E-state index contributed by atoms with van der Waals surface area (Å²) in [6.07, 6.45) is 0.369. The van der Waals surface area contributed by atoms with Crippen molar-refractivity contribution in [3.63, 3.8) is 0 Å². The van der Waals surface area contributed by atoms with E-state index in [2.05, 4.69) is 17.2 Å². The molecule has 0 aliphatic carbocycles. The molecule has 1 aromatic carbocycles. The molecule has 2 amide bonds. The van der Waals surface area contributed by atoms with Crippen molar-refractivity contribution in [1.82, 2.24) is 14.5 Å². The fourth-order valence-electron chi connectivity index (χ4n) is 3.47. The molecule has 9 heteroatoms. The fraction of sp³-hybridized carbons (Fsp3) is 0.625. The molecular weight excluding hydrogens is 442 g/mol. The number of likely N-dealkylation sites (N-methyl/N-ethyl adjacent to an activating group) is 1. The first-order valence-corrected chi connectivity index (χ1v) is 12.9. The van der Waals surface area contributed by atoms with Crippen LogP contribution in [0.2, 0.25) is 0 Å².